The average Bonchev–Trinajstić information content (AvgIpc) is 2.62. The van der Waals surface area contributed by atoms with Crippen molar-refractivity contribution in [3.8, 4) is 0 Å². The number of amides is 1. The predicted molar refractivity (Wildman–Crippen MR) is 94.8 cm³/mol. The summed E-state index contributed by atoms with van der Waals surface area (Å²) in [6, 6.07) is 14.4. The molecule has 0 fully saturated rings. The van der Waals surface area contributed by atoms with E-state index in [1.807, 2.05) is 24.3 Å². The maximum absolute atomic E-state index is 11.3. The van der Waals surface area contributed by atoms with Crippen LogP contribution in [0.1, 0.15) is 11.1 Å². The van der Waals surface area contributed by atoms with Crippen molar-refractivity contribution < 1.29 is 9.90 Å². The quantitative estimate of drug-likeness (QED) is 0.559. The van der Waals surface area contributed by atoms with Gasteiger partial charge in [0, 0.05) is 13.1 Å². The summed E-state index contributed by atoms with van der Waals surface area (Å²) in [6.07, 6.45) is 1.20. The highest BCUT2D eigenvalue weighted by molar-refractivity contribution is 5.96. The monoisotopic (exact) mass is 325 g/mol. The van der Waals surface area contributed by atoms with Crippen LogP contribution in [0.15, 0.2) is 58.5 Å². The molecule has 0 unspecified atom stereocenters. The van der Waals surface area contributed by atoms with Crippen LogP contribution in [0.2, 0.25) is 0 Å². The highest BCUT2D eigenvalue weighted by atomic mass is 16.4. The molecule has 7 heteroatoms. The molecule has 2 rings (SSSR count). The molecule has 0 bridgehead atoms. The van der Waals surface area contributed by atoms with Gasteiger partial charge in [0.25, 0.3) is 0 Å². The van der Waals surface area contributed by atoms with Gasteiger partial charge < -0.3 is 16.6 Å². The van der Waals surface area contributed by atoms with Crippen LogP contribution in [0, 0.1) is 0 Å². The molecule has 0 spiro atoms. The Balaban J connectivity index is 2.08. The Morgan fingerprint density at radius 2 is 1.25 bits per heavy atom. The number of hydrogen-bond donors (Lipinski definition) is 3. The molecule has 24 heavy (non-hydrogen) atoms. The van der Waals surface area contributed by atoms with Gasteiger partial charge in [-0.1, -0.05) is 24.3 Å². The summed E-state index contributed by atoms with van der Waals surface area (Å²) < 4.78 is 0. The zero-order valence-electron chi connectivity index (χ0n) is 13.0. The van der Waals surface area contributed by atoms with Gasteiger partial charge in [0.05, 0.1) is 11.4 Å². The van der Waals surface area contributed by atoms with Gasteiger partial charge in [0.2, 0.25) is 0 Å². The van der Waals surface area contributed by atoms with E-state index in [1.54, 1.807) is 24.3 Å². The first-order valence-corrected chi connectivity index (χ1v) is 7.30. The van der Waals surface area contributed by atoms with E-state index in [-0.39, 0.29) is 0 Å². The van der Waals surface area contributed by atoms with Gasteiger partial charge in [-0.05, 0) is 35.4 Å². The standard InChI is InChI=1S/C17H19N5O2/c18-9-13-1-5-15(6-2-13)20-11-22(17(23)24)12-21-16-7-3-14(10-19)4-8-16/h1-8,11-12H,9-10,18-19H2,(H,23,24). The van der Waals surface area contributed by atoms with E-state index in [4.69, 9.17) is 11.5 Å². The maximum atomic E-state index is 11.3. The number of rotatable bonds is 6. The molecule has 0 aromatic heterocycles. The molecule has 0 saturated heterocycles. The van der Waals surface area contributed by atoms with Crippen LogP contribution in [-0.4, -0.2) is 28.8 Å². The second-order valence-electron chi connectivity index (χ2n) is 4.92. The van der Waals surface area contributed by atoms with Crippen LogP contribution in [0.25, 0.3) is 0 Å². The van der Waals surface area contributed by atoms with Crippen molar-refractivity contribution >= 4 is 30.1 Å². The molecule has 2 aromatic carbocycles. The number of carbonyl (C=O) groups is 1. The fraction of sp³-hybridized carbons (Fsp3) is 0.118. The molecular formula is C17H19N5O2. The van der Waals surface area contributed by atoms with Gasteiger partial charge in [0.15, 0.2) is 0 Å². The van der Waals surface area contributed by atoms with Crippen molar-refractivity contribution in [3.63, 3.8) is 0 Å². The Bertz CT molecular complexity index is 666. The Labute approximate surface area is 139 Å². The Morgan fingerprint density at radius 3 is 1.54 bits per heavy atom. The topological polar surface area (TPSA) is 117 Å². The molecule has 0 aliphatic heterocycles. The van der Waals surface area contributed by atoms with E-state index in [0.29, 0.717) is 24.5 Å². The van der Waals surface area contributed by atoms with Gasteiger partial charge >= 0.3 is 6.09 Å². The molecule has 0 aliphatic rings. The second kappa shape index (κ2) is 8.56. The van der Waals surface area contributed by atoms with Crippen LogP contribution in [0.5, 0.6) is 0 Å². The largest absolute Gasteiger partial charge is 0.464 e. The van der Waals surface area contributed by atoms with Gasteiger partial charge in [-0.2, -0.15) is 0 Å². The first kappa shape index (κ1) is 17.3. The van der Waals surface area contributed by atoms with E-state index >= 15 is 0 Å². The number of benzene rings is 2. The number of nitrogens with two attached hydrogens (primary N) is 2. The van der Waals surface area contributed by atoms with Crippen molar-refractivity contribution in [2.75, 3.05) is 0 Å². The van der Waals surface area contributed by atoms with E-state index in [0.717, 1.165) is 16.0 Å². The number of carboxylic acid groups (broad SMARTS) is 1. The van der Waals surface area contributed by atoms with E-state index in [2.05, 4.69) is 9.98 Å². The third kappa shape index (κ3) is 5.01. The Hall–Kier alpha value is -3.03. The van der Waals surface area contributed by atoms with Crippen LogP contribution in [0.4, 0.5) is 16.2 Å². The third-order valence-electron chi connectivity index (χ3n) is 3.23. The SMILES string of the molecule is NCc1ccc(N=CN(C=Nc2ccc(CN)cc2)C(=O)O)cc1. The van der Waals surface area contributed by atoms with Crippen LogP contribution in [0.3, 0.4) is 0 Å². The lowest BCUT2D eigenvalue weighted by atomic mass is 10.2. The van der Waals surface area contributed by atoms with Crippen LogP contribution >= 0.6 is 0 Å². The minimum Gasteiger partial charge on any atom is -0.464 e. The van der Waals surface area contributed by atoms with Crippen LogP contribution in [-0.2, 0) is 13.1 Å². The summed E-state index contributed by atoms with van der Waals surface area (Å²) in [6.45, 7) is 0.891. The fourth-order valence-electron chi connectivity index (χ4n) is 1.82. The van der Waals surface area contributed by atoms with Crippen LogP contribution < -0.4 is 11.5 Å². The molecule has 124 valence electrons. The van der Waals surface area contributed by atoms with Crippen molar-refractivity contribution in [2.24, 2.45) is 21.5 Å². The summed E-state index contributed by atoms with van der Waals surface area (Å²) >= 11 is 0. The normalized spacial score (nSPS) is 11.2. The minimum atomic E-state index is -1.18. The molecule has 0 radical (unpaired) electrons. The number of aliphatic imine (C=N–C) groups is 2. The fourth-order valence-corrected chi connectivity index (χ4v) is 1.82. The first-order chi connectivity index (χ1) is 11.6. The van der Waals surface area contributed by atoms with Gasteiger partial charge in [-0.3, -0.25) is 0 Å². The number of hydrogen-bond acceptors (Lipinski definition) is 5. The zero-order chi connectivity index (χ0) is 17.4. The van der Waals surface area contributed by atoms with E-state index in [9.17, 15) is 9.90 Å². The molecule has 0 aliphatic carbocycles. The summed E-state index contributed by atoms with van der Waals surface area (Å²) in [5, 5.41) is 9.20. The molecule has 1 amide bonds. The molecule has 0 heterocycles. The van der Waals surface area contributed by atoms with Crippen molar-refractivity contribution in [3.05, 3.63) is 59.7 Å². The van der Waals surface area contributed by atoms with Crippen molar-refractivity contribution in [1.29, 1.82) is 0 Å². The Morgan fingerprint density at radius 1 is 0.875 bits per heavy atom. The first-order valence-electron chi connectivity index (χ1n) is 7.30. The second-order valence-corrected chi connectivity index (χ2v) is 4.92. The number of nitrogens with zero attached hydrogens (tertiary/aromatic N) is 3. The smallest absolute Gasteiger partial charge is 0.417 e. The van der Waals surface area contributed by atoms with Gasteiger partial charge in [-0.25, -0.2) is 19.7 Å². The molecule has 0 saturated carbocycles. The van der Waals surface area contributed by atoms with Crippen molar-refractivity contribution in [1.82, 2.24) is 4.90 Å². The maximum Gasteiger partial charge on any atom is 0.417 e. The molecule has 7 nitrogen and oxygen atoms in total. The average molecular weight is 325 g/mol. The predicted octanol–water partition coefficient (Wildman–Crippen LogP) is 2.60. The lowest BCUT2D eigenvalue weighted by Gasteiger charge is -2.06. The van der Waals surface area contributed by atoms with Gasteiger partial charge in [-0.15, -0.1) is 0 Å². The van der Waals surface area contributed by atoms with E-state index in [1.165, 1.54) is 12.7 Å². The lowest BCUT2D eigenvalue weighted by Crippen LogP contribution is -2.26. The summed E-state index contributed by atoms with van der Waals surface area (Å²) in [4.78, 5) is 20.4. The molecular weight excluding hydrogens is 306 g/mol. The minimum absolute atomic E-state index is 0.445. The Kier molecular flexibility index (Phi) is 6.18. The zero-order valence-corrected chi connectivity index (χ0v) is 13.0. The summed E-state index contributed by atoms with van der Waals surface area (Å²) in [5.74, 6) is 0. The lowest BCUT2D eigenvalue weighted by molar-refractivity contribution is 0.185. The third-order valence-corrected chi connectivity index (χ3v) is 3.23. The van der Waals surface area contributed by atoms with E-state index < -0.39 is 6.09 Å². The highest BCUT2D eigenvalue weighted by Crippen LogP contribution is 2.13. The van der Waals surface area contributed by atoms with Crippen molar-refractivity contribution in [2.45, 2.75) is 13.1 Å². The molecule has 5 N–H and O–H groups in total. The van der Waals surface area contributed by atoms with Gasteiger partial charge in [0.1, 0.15) is 12.7 Å². The summed E-state index contributed by atoms with van der Waals surface area (Å²) in [5.41, 5.74) is 14.3. The summed E-state index contributed by atoms with van der Waals surface area (Å²) in [7, 11) is 0. The molecule has 2 aromatic rings. The highest BCUT2D eigenvalue weighted by Gasteiger charge is 2.05. The molecule has 0 atom stereocenters.